The number of aromatic nitrogens is 1. The number of hydrogen-bond acceptors (Lipinski definition) is 5. The number of morpholine rings is 1. The van der Waals surface area contributed by atoms with Crippen LogP contribution in [0.3, 0.4) is 0 Å². The highest BCUT2D eigenvalue weighted by atomic mass is 32.1. The van der Waals surface area contributed by atoms with Crippen molar-refractivity contribution in [2.45, 2.75) is 52.9 Å². The Bertz CT molecular complexity index is 791. The zero-order chi connectivity index (χ0) is 20.5. The summed E-state index contributed by atoms with van der Waals surface area (Å²) in [6.07, 6.45) is 3.31. The predicted octanol–water partition coefficient (Wildman–Crippen LogP) is 3.18. The van der Waals surface area contributed by atoms with Crippen LogP contribution in [-0.4, -0.2) is 48.2 Å². The van der Waals surface area contributed by atoms with Gasteiger partial charge in [0, 0.05) is 37.3 Å². The van der Waals surface area contributed by atoms with Gasteiger partial charge in [0.2, 0.25) is 0 Å². The molecule has 1 fully saturated rings. The van der Waals surface area contributed by atoms with E-state index in [4.69, 9.17) is 9.73 Å². The Morgan fingerprint density at radius 2 is 2.17 bits per heavy atom. The van der Waals surface area contributed by atoms with E-state index in [-0.39, 0.29) is 0 Å². The third-order valence-electron chi connectivity index (χ3n) is 4.84. The van der Waals surface area contributed by atoms with Crippen molar-refractivity contribution in [2.75, 3.05) is 26.2 Å². The molecule has 2 aromatic rings. The van der Waals surface area contributed by atoms with Gasteiger partial charge in [-0.05, 0) is 31.4 Å². The summed E-state index contributed by atoms with van der Waals surface area (Å²) in [5.41, 5.74) is 2.56. The lowest BCUT2D eigenvalue weighted by atomic mass is 10.1. The van der Waals surface area contributed by atoms with Crippen molar-refractivity contribution in [1.82, 2.24) is 20.5 Å². The number of nitrogens with one attached hydrogen (secondary N) is 2. The SMILES string of the molecule is CCNC(=NCc1cccc(CN2CCOC(C)C2)c1)NCc1ncc(CC)s1. The Morgan fingerprint density at radius 1 is 1.31 bits per heavy atom. The number of guanidine groups is 1. The predicted molar refractivity (Wildman–Crippen MR) is 120 cm³/mol. The van der Waals surface area contributed by atoms with E-state index in [1.165, 1.54) is 16.0 Å². The molecule has 1 saturated heterocycles. The van der Waals surface area contributed by atoms with Crippen molar-refractivity contribution in [3.05, 3.63) is 51.5 Å². The van der Waals surface area contributed by atoms with Crippen molar-refractivity contribution in [3.8, 4) is 0 Å². The van der Waals surface area contributed by atoms with Gasteiger partial charge in [-0.3, -0.25) is 4.90 Å². The second-order valence-corrected chi connectivity index (χ2v) is 8.56. The summed E-state index contributed by atoms with van der Waals surface area (Å²) >= 11 is 1.76. The molecule has 1 aliphatic heterocycles. The highest BCUT2D eigenvalue weighted by molar-refractivity contribution is 7.11. The second-order valence-electron chi connectivity index (χ2n) is 7.36. The van der Waals surface area contributed by atoms with Gasteiger partial charge < -0.3 is 15.4 Å². The molecule has 1 aromatic carbocycles. The van der Waals surface area contributed by atoms with Gasteiger partial charge in [-0.25, -0.2) is 9.98 Å². The first kappa shape index (κ1) is 21.7. The van der Waals surface area contributed by atoms with Crippen LogP contribution in [0.2, 0.25) is 0 Å². The topological polar surface area (TPSA) is 61.8 Å². The standard InChI is InChI=1S/C22H33N5OS/c1-4-20-13-24-21(29-20)14-26-22(23-5-2)25-12-18-7-6-8-19(11-18)16-27-9-10-28-17(3)15-27/h6-8,11,13,17H,4-5,9-10,12,14-16H2,1-3H3,(H2,23,25,26). The largest absolute Gasteiger partial charge is 0.376 e. The molecule has 0 amide bonds. The molecule has 29 heavy (non-hydrogen) atoms. The number of aliphatic imine (C=N–C) groups is 1. The summed E-state index contributed by atoms with van der Waals surface area (Å²) in [5, 5.41) is 7.81. The van der Waals surface area contributed by atoms with Crippen LogP contribution in [0.1, 0.15) is 41.8 Å². The third kappa shape index (κ3) is 7.10. The first-order valence-electron chi connectivity index (χ1n) is 10.5. The molecule has 0 bridgehead atoms. The first-order valence-corrected chi connectivity index (χ1v) is 11.4. The second kappa shape index (κ2) is 11.3. The summed E-state index contributed by atoms with van der Waals surface area (Å²) in [7, 11) is 0. The van der Waals surface area contributed by atoms with Gasteiger partial charge in [0.15, 0.2) is 5.96 Å². The molecular weight excluding hydrogens is 382 g/mol. The van der Waals surface area contributed by atoms with Gasteiger partial charge >= 0.3 is 0 Å². The number of rotatable bonds is 8. The number of thiazole rings is 1. The highest BCUT2D eigenvalue weighted by Crippen LogP contribution is 2.14. The molecule has 158 valence electrons. The van der Waals surface area contributed by atoms with Crippen molar-refractivity contribution in [3.63, 3.8) is 0 Å². The third-order valence-corrected chi connectivity index (χ3v) is 5.99. The van der Waals surface area contributed by atoms with Crippen molar-refractivity contribution >= 4 is 17.3 Å². The molecule has 2 N–H and O–H groups in total. The Morgan fingerprint density at radius 3 is 2.93 bits per heavy atom. The summed E-state index contributed by atoms with van der Waals surface area (Å²) in [4.78, 5) is 13.0. The molecule has 0 aliphatic carbocycles. The molecule has 2 heterocycles. The zero-order valence-corrected chi connectivity index (χ0v) is 18.6. The Hall–Kier alpha value is -1.96. The van der Waals surface area contributed by atoms with Crippen LogP contribution in [-0.2, 0) is 30.8 Å². The molecular formula is C22H33N5OS. The summed E-state index contributed by atoms with van der Waals surface area (Å²) in [6.45, 7) is 12.3. The van der Waals surface area contributed by atoms with Gasteiger partial charge in [-0.2, -0.15) is 0 Å². The van der Waals surface area contributed by atoms with Crippen molar-refractivity contribution in [2.24, 2.45) is 4.99 Å². The normalized spacial score (nSPS) is 18.0. The molecule has 7 heteroatoms. The smallest absolute Gasteiger partial charge is 0.191 e. The lowest BCUT2D eigenvalue weighted by Gasteiger charge is -2.31. The van der Waals surface area contributed by atoms with Crippen LogP contribution < -0.4 is 10.6 Å². The number of benzene rings is 1. The monoisotopic (exact) mass is 415 g/mol. The summed E-state index contributed by atoms with van der Waals surface area (Å²) in [5.74, 6) is 0.827. The van der Waals surface area contributed by atoms with Gasteiger partial charge in [0.25, 0.3) is 0 Å². The van der Waals surface area contributed by atoms with Crippen molar-refractivity contribution < 1.29 is 4.74 Å². The molecule has 1 aromatic heterocycles. The van der Waals surface area contributed by atoms with E-state index in [9.17, 15) is 0 Å². The van der Waals surface area contributed by atoms with E-state index in [0.29, 0.717) is 19.2 Å². The molecule has 1 atom stereocenters. The van der Waals surface area contributed by atoms with E-state index in [2.05, 4.69) is 65.6 Å². The van der Waals surface area contributed by atoms with E-state index in [1.54, 1.807) is 11.3 Å². The van der Waals surface area contributed by atoms with Crippen LogP contribution in [0.25, 0.3) is 0 Å². The van der Waals surface area contributed by atoms with E-state index in [1.807, 2.05) is 6.20 Å². The van der Waals surface area contributed by atoms with E-state index >= 15 is 0 Å². The average molecular weight is 416 g/mol. The van der Waals surface area contributed by atoms with Crippen LogP contribution >= 0.6 is 11.3 Å². The molecule has 0 radical (unpaired) electrons. The van der Waals surface area contributed by atoms with Crippen LogP contribution in [0.4, 0.5) is 0 Å². The number of aryl methyl sites for hydroxylation is 1. The minimum atomic E-state index is 0.316. The molecule has 0 saturated carbocycles. The Balaban J connectivity index is 1.56. The first-order chi connectivity index (χ1) is 14.2. The molecule has 1 unspecified atom stereocenters. The molecule has 1 aliphatic rings. The maximum Gasteiger partial charge on any atom is 0.191 e. The maximum atomic E-state index is 5.64. The molecule has 3 rings (SSSR count). The van der Waals surface area contributed by atoms with Crippen LogP contribution in [0.5, 0.6) is 0 Å². The molecule has 0 spiro atoms. The fourth-order valence-corrected chi connectivity index (χ4v) is 4.19. The fraction of sp³-hybridized carbons (Fsp3) is 0.545. The van der Waals surface area contributed by atoms with Crippen LogP contribution in [0.15, 0.2) is 35.5 Å². The quantitative estimate of drug-likeness (QED) is 0.512. The van der Waals surface area contributed by atoms with Gasteiger partial charge in [-0.1, -0.05) is 31.2 Å². The number of hydrogen-bond donors (Lipinski definition) is 2. The minimum Gasteiger partial charge on any atom is -0.376 e. The molecule has 6 nitrogen and oxygen atoms in total. The van der Waals surface area contributed by atoms with E-state index in [0.717, 1.165) is 50.2 Å². The van der Waals surface area contributed by atoms with Gasteiger partial charge in [-0.15, -0.1) is 11.3 Å². The number of ether oxygens (including phenoxy) is 1. The minimum absolute atomic E-state index is 0.316. The van der Waals surface area contributed by atoms with Crippen LogP contribution in [0, 0.1) is 0 Å². The lowest BCUT2D eigenvalue weighted by Crippen LogP contribution is -2.40. The highest BCUT2D eigenvalue weighted by Gasteiger charge is 2.16. The Kier molecular flexibility index (Phi) is 8.46. The van der Waals surface area contributed by atoms with E-state index < -0.39 is 0 Å². The lowest BCUT2D eigenvalue weighted by molar-refractivity contribution is -0.0212. The number of nitrogens with zero attached hydrogens (tertiary/aromatic N) is 3. The Labute approximate surface area is 178 Å². The van der Waals surface area contributed by atoms with Crippen molar-refractivity contribution in [1.29, 1.82) is 0 Å². The fourth-order valence-electron chi connectivity index (χ4n) is 3.38. The maximum absolute atomic E-state index is 5.64. The summed E-state index contributed by atoms with van der Waals surface area (Å²) in [6, 6.07) is 8.74. The average Bonchev–Trinajstić information content (AvgIpc) is 3.18. The summed E-state index contributed by atoms with van der Waals surface area (Å²) < 4.78 is 5.64. The van der Waals surface area contributed by atoms with Gasteiger partial charge in [0.05, 0.1) is 25.8 Å². The van der Waals surface area contributed by atoms with Gasteiger partial charge in [0.1, 0.15) is 5.01 Å². The zero-order valence-electron chi connectivity index (χ0n) is 17.8.